The second kappa shape index (κ2) is 11.8. The molecule has 8 nitrogen and oxygen atoms in total. The van der Waals surface area contributed by atoms with Crippen LogP contribution >= 0.6 is 11.6 Å². The van der Waals surface area contributed by atoms with Crippen LogP contribution in [0.1, 0.15) is 11.1 Å². The number of hydrogen-bond acceptors (Lipinski definition) is 7. The van der Waals surface area contributed by atoms with Crippen molar-refractivity contribution in [3.63, 3.8) is 0 Å². The highest BCUT2D eigenvalue weighted by molar-refractivity contribution is 7.88. The van der Waals surface area contributed by atoms with Crippen molar-refractivity contribution in [2.45, 2.75) is 11.9 Å². The zero-order valence-corrected chi connectivity index (χ0v) is 19.8. The first-order valence-electron chi connectivity index (χ1n) is 9.56. The zero-order chi connectivity index (χ0) is 24.6. The molecule has 33 heavy (non-hydrogen) atoms. The minimum absolute atomic E-state index is 0.0165. The van der Waals surface area contributed by atoms with Crippen molar-refractivity contribution in [1.82, 2.24) is 9.29 Å². The Hall–Kier alpha value is -2.12. The average molecular weight is 513 g/mol. The monoisotopic (exact) mass is 512 g/mol. The van der Waals surface area contributed by atoms with E-state index in [0.717, 1.165) is 4.31 Å². The quantitative estimate of drug-likeness (QED) is 0.397. The predicted molar refractivity (Wildman–Crippen MR) is 115 cm³/mol. The van der Waals surface area contributed by atoms with Crippen LogP contribution in [-0.4, -0.2) is 65.3 Å². The molecule has 0 saturated carbocycles. The lowest BCUT2D eigenvalue weighted by atomic mass is 10.2. The molecule has 0 aliphatic heterocycles. The molecule has 0 bridgehead atoms. The molecule has 0 atom stereocenters. The van der Waals surface area contributed by atoms with Crippen LogP contribution in [-0.2, 0) is 31.4 Å². The van der Waals surface area contributed by atoms with E-state index in [1.165, 1.54) is 33.4 Å². The summed E-state index contributed by atoms with van der Waals surface area (Å²) in [6, 6.07) is 5.12. The molecule has 0 amide bonds. The lowest BCUT2D eigenvalue weighted by Gasteiger charge is -2.19. The summed E-state index contributed by atoms with van der Waals surface area (Å²) in [4.78, 5) is 3.65. The number of halogens is 4. The minimum Gasteiger partial charge on any atom is -0.491 e. The Labute approximate surface area is 195 Å². The maximum Gasteiger partial charge on any atom is 0.417 e. The molecule has 0 saturated heterocycles. The van der Waals surface area contributed by atoms with E-state index in [1.54, 1.807) is 6.07 Å². The Morgan fingerprint density at radius 3 is 2.39 bits per heavy atom. The van der Waals surface area contributed by atoms with E-state index in [1.807, 2.05) is 0 Å². The number of rotatable bonds is 12. The fraction of sp³-hybridized carbons (Fsp3) is 0.450. The number of methoxy groups -OCH3 is 2. The van der Waals surface area contributed by atoms with Gasteiger partial charge in [-0.3, -0.25) is 0 Å². The van der Waals surface area contributed by atoms with Gasteiger partial charge in [0.25, 0.3) is 0 Å². The van der Waals surface area contributed by atoms with Crippen LogP contribution in [0.4, 0.5) is 13.2 Å². The third-order valence-corrected chi connectivity index (χ3v) is 6.44. The first kappa shape index (κ1) is 27.1. The molecule has 1 aromatic heterocycles. The first-order chi connectivity index (χ1) is 15.5. The molecule has 0 aliphatic rings. The van der Waals surface area contributed by atoms with Gasteiger partial charge in [0.15, 0.2) is 0 Å². The molecule has 1 aromatic carbocycles. The van der Waals surface area contributed by atoms with Crippen molar-refractivity contribution >= 4 is 21.6 Å². The van der Waals surface area contributed by atoms with Gasteiger partial charge < -0.3 is 18.9 Å². The van der Waals surface area contributed by atoms with Gasteiger partial charge in [0.1, 0.15) is 23.1 Å². The summed E-state index contributed by atoms with van der Waals surface area (Å²) in [5.41, 5.74) is -0.810. The van der Waals surface area contributed by atoms with Gasteiger partial charge in [0.2, 0.25) is 15.9 Å². The molecule has 1 heterocycles. The summed E-state index contributed by atoms with van der Waals surface area (Å²) < 4.78 is 86.3. The highest BCUT2D eigenvalue weighted by Crippen LogP contribution is 2.37. The van der Waals surface area contributed by atoms with Crippen LogP contribution in [0.3, 0.4) is 0 Å². The van der Waals surface area contributed by atoms with E-state index in [9.17, 15) is 21.6 Å². The summed E-state index contributed by atoms with van der Waals surface area (Å²) in [6.45, 7) is 0.867. The summed E-state index contributed by atoms with van der Waals surface area (Å²) in [5.74, 6) is -0.411. The van der Waals surface area contributed by atoms with E-state index in [-0.39, 0.29) is 42.0 Å². The highest BCUT2D eigenvalue weighted by atomic mass is 35.5. The average Bonchev–Trinajstić information content (AvgIpc) is 2.74. The van der Waals surface area contributed by atoms with E-state index in [4.69, 9.17) is 30.5 Å². The molecule has 0 aliphatic carbocycles. The largest absolute Gasteiger partial charge is 0.491 e. The van der Waals surface area contributed by atoms with Crippen molar-refractivity contribution in [3.05, 3.63) is 46.6 Å². The summed E-state index contributed by atoms with van der Waals surface area (Å²) >= 11 is 5.94. The number of hydrogen-bond donors (Lipinski definition) is 0. The van der Waals surface area contributed by atoms with E-state index >= 15 is 0 Å². The molecular weight excluding hydrogens is 489 g/mol. The molecule has 184 valence electrons. The molecule has 0 N–H and O–H groups in total. The number of sulfonamides is 1. The lowest BCUT2D eigenvalue weighted by Crippen LogP contribution is -2.31. The van der Waals surface area contributed by atoms with Crippen LogP contribution in [0, 0.1) is 0 Å². The van der Waals surface area contributed by atoms with Crippen LogP contribution in [0.5, 0.6) is 17.4 Å². The van der Waals surface area contributed by atoms with E-state index in [0.29, 0.717) is 24.6 Å². The van der Waals surface area contributed by atoms with Crippen LogP contribution < -0.4 is 9.47 Å². The number of alkyl halides is 3. The van der Waals surface area contributed by atoms with Crippen molar-refractivity contribution in [2.24, 2.45) is 0 Å². The predicted octanol–water partition coefficient (Wildman–Crippen LogP) is 3.98. The SMILES string of the molecule is COCCOc1ccc(CS(=O)(=O)N(C)CCOC)c(Oc2ncc(C(F)(F)F)cc2Cl)c1. The lowest BCUT2D eigenvalue weighted by molar-refractivity contribution is -0.137. The van der Waals surface area contributed by atoms with Crippen LogP contribution in [0.25, 0.3) is 0 Å². The van der Waals surface area contributed by atoms with Crippen molar-refractivity contribution < 1.29 is 40.5 Å². The molecular formula is C20H24ClF3N2O6S. The Balaban J connectivity index is 2.37. The van der Waals surface area contributed by atoms with Gasteiger partial charge in [-0.25, -0.2) is 17.7 Å². The zero-order valence-electron chi connectivity index (χ0n) is 18.2. The van der Waals surface area contributed by atoms with Gasteiger partial charge in [-0.1, -0.05) is 17.7 Å². The van der Waals surface area contributed by atoms with Gasteiger partial charge in [-0.15, -0.1) is 0 Å². The fourth-order valence-electron chi connectivity index (χ4n) is 2.51. The van der Waals surface area contributed by atoms with Gasteiger partial charge in [-0.05, 0) is 12.1 Å². The second-order valence-corrected chi connectivity index (χ2v) is 9.28. The van der Waals surface area contributed by atoms with E-state index in [2.05, 4.69) is 4.98 Å². The molecule has 2 rings (SSSR count). The van der Waals surface area contributed by atoms with Crippen molar-refractivity contribution in [2.75, 3.05) is 47.6 Å². The summed E-state index contributed by atoms with van der Waals surface area (Å²) in [6.07, 6.45) is -4.05. The maximum absolute atomic E-state index is 12.9. The topological polar surface area (TPSA) is 87.2 Å². The third kappa shape index (κ3) is 8.00. The van der Waals surface area contributed by atoms with Gasteiger partial charge in [0.05, 0.1) is 24.5 Å². The molecule has 2 aromatic rings. The fourth-order valence-corrected chi connectivity index (χ4v) is 3.92. The third-order valence-electron chi connectivity index (χ3n) is 4.36. The molecule has 0 radical (unpaired) electrons. The van der Waals surface area contributed by atoms with Crippen LogP contribution in [0.15, 0.2) is 30.5 Å². The van der Waals surface area contributed by atoms with Crippen molar-refractivity contribution in [3.8, 4) is 17.4 Å². The van der Waals surface area contributed by atoms with Crippen molar-refractivity contribution in [1.29, 1.82) is 0 Å². The molecule has 0 fully saturated rings. The molecule has 0 unspecified atom stereocenters. The van der Waals surface area contributed by atoms with Crippen LogP contribution in [0.2, 0.25) is 5.02 Å². The Morgan fingerprint density at radius 1 is 1.09 bits per heavy atom. The second-order valence-electron chi connectivity index (χ2n) is 6.79. The Morgan fingerprint density at radius 2 is 1.79 bits per heavy atom. The normalized spacial score (nSPS) is 12.2. The standard InChI is InChI=1S/C20H24ClF3N2O6S/c1-26(6-7-29-2)33(27,28)13-14-4-5-16(31-9-8-30-3)11-18(14)32-19-17(21)10-15(12-25-19)20(22,23)24/h4-5,10-12H,6-9,13H2,1-3H3. The summed E-state index contributed by atoms with van der Waals surface area (Å²) in [5, 5.41) is -0.387. The highest BCUT2D eigenvalue weighted by Gasteiger charge is 2.32. The first-order valence-corrected chi connectivity index (χ1v) is 11.5. The Kier molecular flexibility index (Phi) is 9.73. The number of nitrogens with zero attached hydrogens (tertiary/aromatic N) is 2. The van der Waals surface area contributed by atoms with Gasteiger partial charge in [-0.2, -0.15) is 13.2 Å². The molecule has 0 spiro atoms. The Bertz CT molecular complexity index is 1040. The van der Waals surface area contributed by atoms with Gasteiger partial charge in [0, 0.05) is 45.6 Å². The number of benzene rings is 1. The summed E-state index contributed by atoms with van der Waals surface area (Å²) in [7, 11) is 0.606. The van der Waals surface area contributed by atoms with Gasteiger partial charge >= 0.3 is 6.18 Å². The number of ether oxygens (including phenoxy) is 4. The van der Waals surface area contributed by atoms with E-state index < -0.39 is 27.5 Å². The number of pyridine rings is 1. The minimum atomic E-state index is -4.63. The maximum atomic E-state index is 12.9. The smallest absolute Gasteiger partial charge is 0.417 e. The number of aromatic nitrogens is 1. The number of likely N-dealkylation sites (N-methyl/N-ethyl adjacent to an activating group) is 1. The molecule has 13 heteroatoms.